The predicted molar refractivity (Wildman–Crippen MR) is 125 cm³/mol. The molecule has 0 aliphatic carbocycles. The first-order valence-corrected chi connectivity index (χ1v) is 12.5. The minimum Gasteiger partial charge on any atom is -0.342 e. The molecule has 0 radical (unpaired) electrons. The maximum Gasteiger partial charge on any atom is 0.262 e. The summed E-state index contributed by atoms with van der Waals surface area (Å²) in [4.78, 5) is 27.9. The Bertz CT molecular complexity index is 1100. The van der Waals surface area contributed by atoms with Gasteiger partial charge in [0.25, 0.3) is 5.56 Å². The molecule has 0 spiro atoms. The van der Waals surface area contributed by atoms with E-state index in [-0.39, 0.29) is 11.5 Å². The Labute approximate surface area is 186 Å². The Morgan fingerprint density at radius 1 is 1.03 bits per heavy atom. The van der Waals surface area contributed by atoms with Crippen LogP contribution in [0.4, 0.5) is 0 Å². The van der Waals surface area contributed by atoms with Crippen LogP contribution in [0.15, 0.2) is 34.2 Å². The highest BCUT2D eigenvalue weighted by molar-refractivity contribution is 7.99. The van der Waals surface area contributed by atoms with Crippen molar-refractivity contribution in [3.63, 3.8) is 0 Å². The largest absolute Gasteiger partial charge is 0.342 e. The monoisotopic (exact) mass is 441 g/mol. The molecule has 8 heteroatoms. The Hall–Kier alpha value is -2.35. The van der Waals surface area contributed by atoms with Crippen molar-refractivity contribution in [1.82, 2.24) is 24.1 Å². The lowest BCUT2D eigenvalue weighted by molar-refractivity contribution is -0.128. The van der Waals surface area contributed by atoms with Crippen molar-refractivity contribution in [2.24, 2.45) is 0 Å². The summed E-state index contributed by atoms with van der Waals surface area (Å²) in [6.45, 7) is 4.46. The van der Waals surface area contributed by atoms with E-state index < -0.39 is 0 Å². The maximum atomic E-state index is 13.1. The lowest BCUT2D eigenvalue weighted by Crippen LogP contribution is -2.35. The molecule has 1 aliphatic heterocycles. The quantitative estimate of drug-likeness (QED) is 0.407. The smallest absolute Gasteiger partial charge is 0.262 e. The molecule has 166 valence electrons. The second-order valence-electron chi connectivity index (χ2n) is 8.24. The standard InChI is InChI=1S/C23H31N5O2S/c1-2-3-9-16-27-21(30)18-12-7-8-13-19(18)28-22(27)24-25-23(28)31-17-20(29)26-14-10-5-4-6-11-15-26/h7-8,12-13H,2-6,9-11,14-17H2,1H3. The fraction of sp³-hybridized carbons (Fsp3) is 0.565. The zero-order valence-electron chi connectivity index (χ0n) is 18.3. The van der Waals surface area contributed by atoms with Crippen molar-refractivity contribution < 1.29 is 4.79 Å². The molecule has 1 aromatic carbocycles. The number of aromatic nitrogens is 4. The van der Waals surface area contributed by atoms with E-state index in [4.69, 9.17) is 0 Å². The third-order valence-corrected chi connectivity index (χ3v) is 6.91. The maximum absolute atomic E-state index is 13.1. The second-order valence-corrected chi connectivity index (χ2v) is 9.18. The summed E-state index contributed by atoms with van der Waals surface area (Å²) in [5.41, 5.74) is 0.764. The number of carbonyl (C=O) groups is 1. The van der Waals surface area contributed by atoms with Crippen LogP contribution in [0.1, 0.15) is 58.3 Å². The van der Waals surface area contributed by atoms with Crippen molar-refractivity contribution in [3.8, 4) is 0 Å². The highest BCUT2D eigenvalue weighted by Gasteiger charge is 2.19. The van der Waals surface area contributed by atoms with Gasteiger partial charge >= 0.3 is 0 Å². The summed E-state index contributed by atoms with van der Waals surface area (Å²) >= 11 is 1.41. The third-order valence-electron chi connectivity index (χ3n) is 6.00. The molecule has 4 rings (SSSR count). The molecule has 3 heterocycles. The van der Waals surface area contributed by atoms with E-state index in [1.807, 2.05) is 33.6 Å². The van der Waals surface area contributed by atoms with Gasteiger partial charge in [-0.25, -0.2) is 0 Å². The summed E-state index contributed by atoms with van der Waals surface area (Å²) in [7, 11) is 0. The summed E-state index contributed by atoms with van der Waals surface area (Å²) in [6.07, 6.45) is 8.91. The number of amides is 1. The fourth-order valence-corrected chi connectivity index (χ4v) is 5.11. The molecule has 1 saturated heterocycles. The Morgan fingerprint density at radius 3 is 2.55 bits per heavy atom. The summed E-state index contributed by atoms with van der Waals surface area (Å²) in [5.74, 6) is 1.05. The zero-order valence-corrected chi connectivity index (χ0v) is 19.1. The van der Waals surface area contributed by atoms with Gasteiger partial charge in [0.15, 0.2) is 5.16 Å². The molecule has 0 saturated carbocycles. The molecule has 0 N–H and O–H groups in total. The van der Waals surface area contributed by atoms with E-state index in [2.05, 4.69) is 17.1 Å². The summed E-state index contributed by atoms with van der Waals surface area (Å²) in [6, 6.07) is 7.58. The normalized spacial score (nSPS) is 15.3. The van der Waals surface area contributed by atoms with Crippen LogP contribution in [0.2, 0.25) is 0 Å². The van der Waals surface area contributed by atoms with Gasteiger partial charge in [0, 0.05) is 19.6 Å². The van der Waals surface area contributed by atoms with Crippen LogP contribution in [0.5, 0.6) is 0 Å². The van der Waals surface area contributed by atoms with Crippen molar-refractivity contribution >= 4 is 34.3 Å². The molecule has 1 amide bonds. The van der Waals surface area contributed by atoms with Crippen molar-refractivity contribution in [3.05, 3.63) is 34.6 Å². The number of thioether (sulfide) groups is 1. The van der Waals surface area contributed by atoms with Crippen LogP contribution in [-0.2, 0) is 11.3 Å². The Kier molecular flexibility index (Phi) is 7.27. The van der Waals surface area contributed by atoms with E-state index in [0.29, 0.717) is 28.6 Å². The number of para-hydroxylation sites is 1. The first-order valence-electron chi connectivity index (χ1n) is 11.5. The van der Waals surface area contributed by atoms with Crippen LogP contribution in [0.3, 0.4) is 0 Å². The number of fused-ring (bicyclic) bond motifs is 3. The minimum absolute atomic E-state index is 0.0279. The number of rotatable bonds is 7. The number of unbranched alkanes of at least 4 members (excludes halogenated alkanes) is 2. The lowest BCUT2D eigenvalue weighted by Gasteiger charge is -2.24. The zero-order chi connectivity index (χ0) is 21.6. The van der Waals surface area contributed by atoms with E-state index in [1.165, 1.54) is 31.0 Å². The molecule has 0 atom stereocenters. The van der Waals surface area contributed by atoms with E-state index in [9.17, 15) is 9.59 Å². The van der Waals surface area contributed by atoms with Crippen molar-refractivity contribution in [2.45, 2.75) is 70.0 Å². The van der Waals surface area contributed by atoms with Gasteiger partial charge in [0.05, 0.1) is 16.7 Å². The van der Waals surface area contributed by atoms with Gasteiger partial charge in [-0.1, -0.05) is 62.9 Å². The first-order chi connectivity index (χ1) is 15.2. The van der Waals surface area contributed by atoms with Crippen molar-refractivity contribution in [1.29, 1.82) is 0 Å². The van der Waals surface area contributed by atoms with Crippen LogP contribution in [0.25, 0.3) is 16.7 Å². The molecule has 3 aromatic rings. The number of benzene rings is 1. The van der Waals surface area contributed by atoms with Crippen molar-refractivity contribution in [2.75, 3.05) is 18.8 Å². The van der Waals surface area contributed by atoms with E-state index in [0.717, 1.165) is 50.7 Å². The number of likely N-dealkylation sites (tertiary alicyclic amines) is 1. The number of hydrogen-bond acceptors (Lipinski definition) is 5. The van der Waals surface area contributed by atoms with Gasteiger partial charge < -0.3 is 4.90 Å². The molecular weight excluding hydrogens is 410 g/mol. The Balaban J connectivity index is 1.62. The summed E-state index contributed by atoms with van der Waals surface area (Å²) in [5, 5.41) is 10.0. The fourth-order valence-electron chi connectivity index (χ4n) is 4.26. The predicted octanol–water partition coefficient (Wildman–Crippen LogP) is 4.12. The molecule has 31 heavy (non-hydrogen) atoms. The highest BCUT2D eigenvalue weighted by Crippen LogP contribution is 2.22. The van der Waals surface area contributed by atoms with E-state index >= 15 is 0 Å². The van der Waals surface area contributed by atoms with Gasteiger partial charge in [0.1, 0.15) is 0 Å². The molecule has 2 aromatic heterocycles. The van der Waals surface area contributed by atoms with Crippen LogP contribution >= 0.6 is 11.8 Å². The average Bonchev–Trinajstić information content (AvgIpc) is 3.18. The van der Waals surface area contributed by atoms with Gasteiger partial charge in [-0.3, -0.25) is 18.6 Å². The average molecular weight is 442 g/mol. The molecular formula is C23H31N5O2S. The molecule has 0 bridgehead atoms. The number of carbonyl (C=O) groups excluding carboxylic acids is 1. The van der Waals surface area contributed by atoms with Gasteiger partial charge in [-0.15, -0.1) is 10.2 Å². The molecule has 1 fully saturated rings. The highest BCUT2D eigenvalue weighted by atomic mass is 32.2. The van der Waals surface area contributed by atoms with E-state index in [1.54, 1.807) is 4.57 Å². The first kappa shape index (κ1) is 21.9. The second kappa shape index (κ2) is 10.3. The third kappa shape index (κ3) is 4.79. The Morgan fingerprint density at radius 2 is 1.77 bits per heavy atom. The van der Waals surface area contributed by atoms with Crippen LogP contribution < -0.4 is 5.56 Å². The number of nitrogens with zero attached hydrogens (tertiary/aromatic N) is 5. The molecule has 0 unspecified atom stereocenters. The molecule has 1 aliphatic rings. The van der Waals surface area contributed by atoms with Gasteiger partial charge in [0.2, 0.25) is 11.7 Å². The number of hydrogen-bond donors (Lipinski definition) is 0. The SMILES string of the molecule is CCCCCn1c(=O)c2ccccc2n2c(SCC(=O)N3CCCCCCC3)nnc12. The summed E-state index contributed by atoms with van der Waals surface area (Å²) < 4.78 is 3.67. The van der Waals surface area contributed by atoms with Gasteiger partial charge in [-0.05, 0) is 31.4 Å². The molecule has 7 nitrogen and oxygen atoms in total. The minimum atomic E-state index is -0.0279. The topological polar surface area (TPSA) is 72.5 Å². The number of aryl methyl sites for hydroxylation is 1. The van der Waals surface area contributed by atoms with Crippen LogP contribution in [0, 0.1) is 0 Å². The van der Waals surface area contributed by atoms with Crippen LogP contribution in [-0.4, -0.2) is 48.8 Å². The van der Waals surface area contributed by atoms with Gasteiger partial charge in [-0.2, -0.15) is 0 Å². The lowest BCUT2D eigenvalue weighted by atomic mass is 10.1.